The van der Waals surface area contributed by atoms with Gasteiger partial charge in [0.2, 0.25) is 5.91 Å². The van der Waals surface area contributed by atoms with E-state index in [-0.39, 0.29) is 65.1 Å². The highest BCUT2D eigenvalue weighted by Gasteiger charge is 2.70. The standard InChI is InChI=1S/C33H53NO6/c1-19(2)9-8-10-22(30(39)34-15-16-35)28-24-17-26(38)29-31(5)13-12-25(37)20(3)23(31)11-14-32(29,6)33(24,7)18-27(28)40-21(4)36/h9,20,23-27,29,35,37-38H,8,10-18H2,1-7H3,(H,34,39)/b28-22-/t20-,23-,24-,25+,26+,27-,29?,31-,32-,33-/m0/s1. The number of nitrogens with one attached hydrogen (secondary N) is 1. The van der Waals surface area contributed by atoms with Crippen LogP contribution in [-0.4, -0.2) is 58.7 Å². The fourth-order valence-corrected chi connectivity index (χ4v) is 10.1. The topological polar surface area (TPSA) is 116 Å². The SMILES string of the molecule is CC(=O)O[C@H]1C[C@@]2(C)[C@@H](C[C@@H](O)C3[C@]2(C)CC[C@H]2[C@H](C)[C@H](O)CC[C@]32C)/C1=C(\CCC=C(C)C)C(=O)NCCO. The second kappa shape index (κ2) is 11.5. The Hall–Kier alpha value is -1.70. The summed E-state index contributed by atoms with van der Waals surface area (Å²) in [6.45, 7) is 14.7. The summed E-state index contributed by atoms with van der Waals surface area (Å²) >= 11 is 0. The predicted octanol–water partition coefficient (Wildman–Crippen LogP) is 4.69. The average molecular weight is 560 g/mol. The molecule has 7 nitrogen and oxygen atoms in total. The minimum atomic E-state index is -0.552. The second-order valence-corrected chi connectivity index (χ2v) is 14.3. The van der Waals surface area contributed by atoms with E-state index in [1.54, 1.807) is 0 Å². The Balaban J connectivity index is 1.83. The van der Waals surface area contributed by atoms with Gasteiger partial charge in [-0.15, -0.1) is 0 Å². The lowest BCUT2D eigenvalue weighted by atomic mass is 9.36. The molecule has 4 rings (SSSR count). The third-order valence-corrected chi connectivity index (χ3v) is 12.0. The van der Waals surface area contributed by atoms with Crippen LogP contribution in [0.1, 0.15) is 99.8 Å². The maximum Gasteiger partial charge on any atom is 0.303 e. The van der Waals surface area contributed by atoms with Crippen molar-refractivity contribution in [1.29, 1.82) is 0 Å². The van der Waals surface area contributed by atoms with Crippen LogP contribution in [0.4, 0.5) is 0 Å². The molecule has 0 aromatic heterocycles. The van der Waals surface area contributed by atoms with Gasteiger partial charge >= 0.3 is 5.97 Å². The normalized spacial score (nSPS) is 43.6. The first-order valence-electron chi connectivity index (χ1n) is 15.5. The van der Waals surface area contributed by atoms with E-state index in [1.807, 2.05) is 13.8 Å². The van der Waals surface area contributed by atoms with Crippen molar-refractivity contribution in [2.75, 3.05) is 13.2 Å². The van der Waals surface area contributed by atoms with E-state index in [1.165, 1.54) is 12.5 Å². The van der Waals surface area contributed by atoms with Crippen molar-refractivity contribution in [2.45, 2.75) is 118 Å². The zero-order chi connectivity index (χ0) is 29.6. The quantitative estimate of drug-likeness (QED) is 0.204. The predicted molar refractivity (Wildman–Crippen MR) is 155 cm³/mol. The fourth-order valence-electron chi connectivity index (χ4n) is 10.1. The van der Waals surface area contributed by atoms with Crippen LogP contribution in [0, 0.1) is 39.9 Å². The molecule has 226 valence electrons. The van der Waals surface area contributed by atoms with Crippen LogP contribution >= 0.6 is 0 Å². The number of fused-ring (bicyclic) bond motifs is 5. The molecular formula is C33H53NO6. The van der Waals surface area contributed by atoms with Gasteiger partial charge in [-0.05, 0) is 111 Å². The van der Waals surface area contributed by atoms with Crippen LogP contribution in [0.3, 0.4) is 0 Å². The van der Waals surface area contributed by atoms with Crippen LogP contribution in [0.5, 0.6) is 0 Å². The van der Waals surface area contributed by atoms with Gasteiger partial charge in [-0.2, -0.15) is 0 Å². The number of ether oxygens (including phenoxy) is 1. The molecule has 0 aliphatic heterocycles. The van der Waals surface area contributed by atoms with Crippen molar-refractivity contribution < 1.29 is 29.6 Å². The summed E-state index contributed by atoms with van der Waals surface area (Å²) in [6, 6.07) is 0. The maximum atomic E-state index is 13.6. The number of aliphatic hydroxyl groups is 3. The average Bonchev–Trinajstić information content (AvgIpc) is 3.14. The largest absolute Gasteiger partial charge is 0.458 e. The molecule has 4 fully saturated rings. The highest BCUT2D eigenvalue weighted by atomic mass is 16.5. The number of carbonyl (C=O) groups excluding carboxylic acids is 2. The van der Waals surface area contributed by atoms with Gasteiger partial charge in [0, 0.05) is 19.0 Å². The van der Waals surface area contributed by atoms with Gasteiger partial charge < -0.3 is 25.4 Å². The van der Waals surface area contributed by atoms with E-state index in [9.17, 15) is 24.9 Å². The van der Waals surface area contributed by atoms with Gasteiger partial charge in [0.15, 0.2) is 0 Å². The molecule has 7 heteroatoms. The summed E-state index contributed by atoms with van der Waals surface area (Å²) in [7, 11) is 0. The van der Waals surface area contributed by atoms with E-state index >= 15 is 0 Å². The van der Waals surface area contributed by atoms with E-state index in [2.05, 4.69) is 39.1 Å². The molecule has 4 N–H and O–H groups in total. The van der Waals surface area contributed by atoms with Gasteiger partial charge in [0.1, 0.15) is 6.10 Å². The molecule has 0 saturated heterocycles. The summed E-state index contributed by atoms with van der Waals surface area (Å²) in [5, 5.41) is 35.0. The summed E-state index contributed by atoms with van der Waals surface area (Å²) in [5.74, 6) is -0.0668. The van der Waals surface area contributed by atoms with E-state index < -0.39 is 12.2 Å². The maximum absolute atomic E-state index is 13.6. The molecule has 4 aliphatic carbocycles. The number of hydrogen-bond acceptors (Lipinski definition) is 6. The van der Waals surface area contributed by atoms with E-state index in [4.69, 9.17) is 4.74 Å². The zero-order valence-electron chi connectivity index (χ0n) is 25.8. The Morgan fingerprint density at radius 3 is 2.38 bits per heavy atom. The molecule has 4 aliphatic rings. The smallest absolute Gasteiger partial charge is 0.303 e. The molecule has 0 bridgehead atoms. The van der Waals surface area contributed by atoms with Gasteiger partial charge in [-0.3, -0.25) is 9.59 Å². The summed E-state index contributed by atoms with van der Waals surface area (Å²) in [6.07, 6.45) is 6.69. The first-order chi connectivity index (χ1) is 18.7. The highest BCUT2D eigenvalue weighted by molar-refractivity contribution is 5.94. The minimum absolute atomic E-state index is 0.0598. The van der Waals surface area contributed by atoms with Crippen molar-refractivity contribution in [3.63, 3.8) is 0 Å². The van der Waals surface area contributed by atoms with Crippen LogP contribution in [0.15, 0.2) is 22.8 Å². The molecular weight excluding hydrogens is 506 g/mol. The van der Waals surface area contributed by atoms with E-state index in [0.29, 0.717) is 37.2 Å². The molecule has 4 saturated carbocycles. The number of hydrogen-bond donors (Lipinski definition) is 4. The van der Waals surface area contributed by atoms with Gasteiger partial charge in [0.25, 0.3) is 0 Å². The minimum Gasteiger partial charge on any atom is -0.458 e. The molecule has 1 unspecified atom stereocenters. The van der Waals surface area contributed by atoms with Crippen molar-refractivity contribution >= 4 is 11.9 Å². The van der Waals surface area contributed by atoms with Crippen molar-refractivity contribution in [3.05, 3.63) is 22.8 Å². The van der Waals surface area contributed by atoms with Gasteiger partial charge in [-0.25, -0.2) is 0 Å². The van der Waals surface area contributed by atoms with Gasteiger partial charge in [0.05, 0.1) is 18.8 Å². The first kappa shape index (κ1) is 31.2. The van der Waals surface area contributed by atoms with E-state index in [0.717, 1.165) is 31.3 Å². The Morgan fingerprint density at radius 2 is 1.75 bits per heavy atom. The van der Waals surface area contributed by atoms with Crippen LogP contribution in [0.2, 0.25) is 0 Å². The van der Waals surface area contributed by atoms with Crippen molar-refractivity contribution in [3.8, 4) is 0 Å². The lowest BCUT2D eigenvalue weighted by molar-refractivity contribution is -0.234. The molecule has 10 atom stereocenters. The molecule has 0 heterocycles. The fraction of sp³-hybridized carbons (Fsp3) is 0.818. The highest BCUT2D eigenvalue weighted by Crippen LogP contribution is 2.74. The summed E-state index contributed by atoms with van der Waals surface area (Å²) < 4.78 is 6.01. The Morgan fingerprint density at radius 1 is 1.05 bits per heavy atom. The number of aliphatic hydroxyl groups excluding tert-OH is 3. The molecule has 0 aromatic carbocycles. The van der Waals surface area contributed by atoms with Crippen molar-refractivity contribution in [1.82, 2.24) is 5.32 Å². The van der Waals surface area contributed by atoms with Crippen molar-refractivity contribution in [2.24, 2.45) is 39.9 Å². The molecule has 1 amide bonds. The monoisotopic (exact) mass is 559 g/mol. The van der Waals surface area contributed by atoms with Gasteiger partial charge in [-0.1, -0.05) is 39.3 Å². The Labute approximate surface area is 240 Å². The summed E-state index contributed by atoms with van der Waals surface area (Å²) in [4.78, 5) is 26.0. The van der Waals surface area contributed by atoms with Crippen LogP contribution in [-0.2, 0) is 14.3 Å². The number of rotatable bonds is 7. The molecule has 0 aromatic rings. The Kier molecular flexibility index (Phi) is 9.00. The number of carbonyl (C=O) groups is 2. The third kappa shape index (κ3) is 5.09. The van der Waals surface area contributed by atoms with Crippen LogP contribution in [0.25, 0.3) is 0 Å². The Bertz CT molecular complexity index is 1050. The molecule has 0 spiro atoms. The second-order valence-electron chi connectivity index (χ2n) is 14.3. The number of amides is 1. The zero-order valence-corrected chi connectivity index (χ0v) is 25.8. The van der Waals surface area contributed by atoms with Crippen LogP contribution < -0.4 is 5.32 Å². The lowest BCUT2D eigenvalue weighted by Crippen LogP contribution is -2.65. The number of esters is 1. The number of allylic oxidation sites excluding steroid dienone is 2. The molecule has 0 radical (unpaired) electrons. The first-order valence-corrected chi connectivity index (χ1v) is 15.5. The third-order valence-electron chi connectivity index (χ3n) is 12.0. The summed E-state index contributed by atoms with van der Waals surface area (Å²) in [5.41, 5.74) is 2.08. The molecule has 40 heavy (non-hydrogen) atoms. The lowest BCUT2D eigenvalue weighted by Gasteiger charge is -2.69.